The van der Waals surface area contributed by atoms with Crippen LogP contribution in [0.15, 0.2) is 48.5 Å². The zero-order valence-electron chi connectivity index (χ0n) is 15.9. The molecule has 0 atom stereocenters. The number of ether oxygens (including phenoxy) is 2. The van der Waals surface area contributed by atoms with Gasteiger partial charge in [0.15, 0.2) is 0 Å². The molecule has 0 saturated heterocycles. The topological polar surface area (TPSA) is 30.5 Å². The third-order valence-corrected chi connectivity index (χ3v) is 3.82. The summed E-state index contributed by atoms with van der Waals surface area (Å²) in [5.41, 5.74) is 2.32. The minimum absolute atomic E-state index is 0.537. The zero-order valence-corrected chi connectivity index (χ0v) is 15.9. The average molecular weight is 341 g/mol. The monoisotopic (exact) mass is 341 g/mol. The number of anilines is 1. The summed E-state index contributed by atoms with van der Waals surface area (Å²) in [4.78, 5) is 0. The van der Waals surface area contributed by atoms with Crippen molar-refractivity contribution in [2.45, 2.75) is 40.7 Å². The highest BCUT2D eigenvalue weighted by Crippen LogP contribution is 2.18. The van der Waals surface area contributed by atoms with Crippen LogP contribution in [-0.4, -0.2) is 13.2 Å². The summed E-state index contributed by atoms with van der Waals surface area (Å²) in [6.45, 7) is 11.0. The Morgan fingerprint density at radius 3 is 1.96 bits per heavy atom. The van der Waals surface area contributed by atoms with Crippen molar-refractivity contribution in [2.24, 2.45) is 11.8 Å². The molecule has 0 bridgehead atoms. The van der Waals surface area contributed by atoms with Crippen LogP contribution in [0.25, 0.3) is 0 Å². The zero-order chi connectivity index (χ0) is 18.1. The molecule has 2 aromatic rings. The van der Waals surface area contributed by atoms with E-state index < -0.39 is 0 Å². The summed E-state index contributed by atoms with van der Waals surface area (Å²) in [5.74, 6) is 3.07. The van der Waals surface area contributed by atoms with Crippen molar-refractivity contribution in [1.29, 1.82) is 0 Å². The van der Waals surface area contributed by atoms with Crippen molar-refractivity contribution in [1.82, 2.24) is 0 Å². The van der Waals surface area contributed by atoms with E-state index in [1.807, 2.05) is 24.3 Å². The minimum Gasteiger partial charge on any atom is -0.494 e. The average Bonchev–Trinajstić information content (AvgIpc) is 2.60. The van der Waals surface area contributed by atoms with Crippen molar-refractivity contribution >= 4 is 5.69 Å². The van der Waals surface area contributed by atoms with Crippen LogP contribution in [0.4, 0.5) is 5.69 Å². The van der Waals surface area contributed by atoms with E-state index in [2.05, 4.69) is 57.3 Å². The van der Waals surface area contributed by atoms with E-state index in [1.165, 1.54) is 5.56 Å². The molecule has 0 aliphatic heterocycles. The smallest absolute Gasteiger partial charge is 0.119 e. The maximum absolute atomic E-state index is 5.75. The predicted molar refractivity (Wildman–Crippen MR) is 105 cm³/mol. The molecule has 2 rings (SSSR count). The predicted octanol–water partition coefficient (Wildman–Crippen LogP) is 5.76. The second-order valence-electron chi connectivity index (χ2n) is 7.26. The van der Waals surface area contributed by atoms with Gasteiger partial charge in [0.05, 0.1) is 13.2 Å². The van der Waals surface area contributed by atoms with Gasteiger partial charge in [-0.05, 0) is 60.2 Å². The van der Waals surface area contributed by atoms with E-state index in [0.29, 0.717) is 11.8 Å². The second-order valence-corrected chi connectivity index (χ2v) is 7.26. The lowest BCUT2D eigenvalue weighted by molar-refractivity contribution is 0.271. The van der Waals surface area contributed by atoms with Gasteiger partial charge in [-0.25, -0.2) is 0 Å². The molecule has 0 amide bonds. The summed E-state index contributed by atoms with van der Waals surface area (Å²) in [7, 11) is 0. The van der Waals surface area contributed by atoms with Crippen LogP contribution in [-0.2, 0) is 6.54 Å². The van der Waals surface area contributed by atoms with E-state index in [-0.39, 0.29) is 0 Å². The van der Waals surface area contributed by atoms with Crippen LogP contribution in [0.5, 0.6) is 11.5 Å². The van der Waals surface area contributed by atoms with Crippen molar-refractivity contribution in [3.63, 3.8) is 0 Å². The van der Waals surface area contributed by atoms with Crippen LogP contribution >= 0.6 is 0 Å². The molecular formula is C22H31NO2. The molecule has 0 unspecified atom stereocenters. The van der Waals surface area contributed by atoms with Gasteiger partial charge in [0.2, 0.25) is 0 Å². The van der Waals surface area contributed by atoms with Gasteiger partial charge < -0.3 is 14.8 Å². The van der Waals surface area contributed by atoms with Gasteiger partial charge >= 0.3 is 0 Å². The molecule has 0 heterocycles. The highest BCUT2D eigenvalue weighted by Gasteiger charge is 2.00. The highest BCUT2D eigenvalue weighted by molar-refractivity contribution is 5.47. The van der Waals surface area contributed by atoms with Crippen LogP contribution in [0, 0.1) is 11.8 Å². The first-order valence-corrected chi connectivity index (χ1v) is 9.21. The maximum atomic E-state index is 5.75. The number of nitrogens with one attached hydrogen (secondary N) is 1. The Hall–Kier alpha value is -2.16. The lowest BCUT2D eigenvalue weighted by Crippen LogP contribution is -2.04. The van der Waals surface area contributed by atoms with E-state index in [4.69, 9.17) is 9.47 Å². The number of rotatable bonds is 10. The van der Waals surface area contributed by atoms with E-state index >= 15 is 0 Å². The third-order valence-electron chi connectivity index (χ3n) is 3.82. The van der Waals surface area contributed by atoms with Crippen molar-refractivity contribution in [3.05, 3.63) is 54.1 Å². The summed E-state index contributed by atoms with van der Waals surface area (Å²) < 4.78 is 11.5. The van der Waals surface area contributed by atoms with Crippen molar-refractivity contribution in [2.75, 3.05) is 18.5 Å². The molecule has 0 aliphatic rings. The molecule has 25 heavy (non-hydrogen) atoms. The molecule has 0 aliphatic carbocycles. The van der Waals surface area contributed by atoms with Gasteiger partial charge in [0.25, 0.3) is 0 Å². The summed E-state index contributed by atoms with van der Waals surface area (Å²) in [5, 5.41) is 3.43. The highest BCUT2D eigenvalue weighted by atomic mass is 16.5. The standard InChI is InChI=1S/C22H31NO2/c1-17(2)13-14-24-21-9-5-19(6-10-21)15-23-20-7-11-22(12-8-20)25-16-18(3)4/h5-12,17-18,23H,13-16H2,1-4H3. The van der Waals surface area contributed by atoms with Crippen LogP contribution in [0.1, 0.15) is 39.7 Å². The molecule has 0 radical (unpaired) electrons. The number of benzene rings is 2. The van der Waals surface area contributed by atoms with E-state index in [9.17, 15) is 0 Å². The van der Waals surface area contributed by atoms with E-state index in [1.54, 1.807) is 0 Å². The van der Waals surface area contributed by atoms with Crippen molar-refractivity contribution in [3.8, 4) is 11.5 Å². The molecule has 0 saturated carbocycles. The molecule has 3 heteroatoms. The van der Waals surface area contributed by atoms with Gasteiger partial charge in [-0.2, -0.15) is 0 Å². The van der Waals surface area contributed by atoms with Gasteiger partial charge in [0.1, 0.15) is 11.5 Å². The SMILES string of the molecule is CC(C)CCOc1ccc(CNc2ccc(OCC(C)C)cc2)cc1. The summed E-state index contributed by atoms with van der Waals surface area (Å²) in [6, 6.07) is 16.4. The Bertz CT molecular complexity index is 603. The Morgan fingerprint density at radius 2 is 1.36 bits per heavy atom. The van der Waals surface area contributed by atoms with Gasteiger partial charge in [-0.15, -0.1) is 0 Å². The van der Waals surface area contributed by atoms with E-state index in [0.717, 1.165) is 43.4 Å². The quantitative estimate of drug-likeness (QED) is 0.596. The molecular weight excluding hydrogens is 310 g/mol. The molecule has 0 aromatic heterocycles. The first kappa shape index (κ1) is 19.2. The largest absolute Gasteiger partial charge is 0.494 e. The fourth-order valence-corrected chi connectivity index (χ4v) is 2.25. The molecule has 1 N–H and O–H groups in total. The summed E-state index contributed by atoms with van der Waals surface area (Å²) >= 11 is 0. The molecule has 3 nitrogen and oxygen atoms in total. The normalized spacial score (nSPS) is 11.0. The Morgan fingerprint density at radius 1 is 0.760 bits per heavy atom. The lowest BCUT2D eigenvalue weighted by Gasteiger charge is -2.11. The Kier molecular flexibility index (Phi) is 7.65. The van der Waals surface area contributed by atoms with Crippen LogP contribution < -0.4 is 14.8 Å². The fraction of sp³-hybridized carbons (Fsp3) is 0.455. The Balaban J connectivity index is 1.77. The Labute approximate surface area is 152 Å². The third kappa shape index (κ3) is 7.51. The second kappa shape index (κ2) is 9.97. The van der Waals surface area contributed by atoms with Crippen LogP contribution in [0.2, 0.25) is 0 Å². The first-order valence-electron chi connectivity index (χ1n) is 9.21. The first-order chi connectivity index (χ1) is 12.0. The minimum atomic E-state index is 0.537. The van der Waals surface area contributed by atoms with Gasteiger partial charge in [-0.3, -0.25) is 0 Å². The number of hydrogen-bond acceptors (Lipinski definition) is 3. The molecule has 2 aromatic carbocycles. The van der Waals surface area contributed by atoms with Gasteiger partial charge in [-0.1, -0.05) is 39.8 Å². The molecule has 0 fully saturated rings. The fourth-order valence-electron chi connectivity index (χ4n) is 2.25. The maximum Gasteiger partial charge on any atom is 0.119 e. The summed E-state index contributed by atoms with van der Waals surface area (Å²) in [6.07, 6.45) is 1.08. The molecule has 136 valence electrons. The lowest BCUT2D eigenvalue weighted by atomic mass is 10.1. The molecule has 0 spiro atoms. The van der Waals surface area contributed by atoms with Crippen LogP contribution in [0.3, 0.4) is 0 Å². The van der Waals surface area contributed by atoms with Gasteiger partial charge in [0, 0.05) is 12.2 Å². The number of hydrogen-bond donors (Lipinski definition) is 1. The van der Waals surface area contributed by atoms with Crippen molar-refractivity contribution < 1.29 is 9.47 Å².